The Morgan fingerprint density at radius 2 is 2.00 bits per heavy atom. The highest BCUT2D eigenvalue weighted by molar-refractivity contribution is 4.92. The Labute approximate surface area is 120 Å². The molecule has 0 aromatic carbocycles. The number of ether oxygens (including phenoxy) is 2. The van der Waals surface area contributed by atoms with Crippen LogP contribution in [0.3, 0.4) is 0 Å². The minimum absolute atomic E-state index is 0.0374. The van der Waals surface area contributed by atoms with Gasteiger partial charge in [-0.2, -0.15) is 0 Å². The van der Waals surface area contributed by atoms with Crippen molar-refractivity contribution in [3.8, 4) is 0 Å². The topological polar surface area (TPSA) is 44.5 Å². The minimum Gasteiger partial charge on any atom is -0.375 e. The summed E-state index contributed by atoms with van der Waals surface area (Å²) in [4.78, 5) is 0. The molecule has 0 bridgehead atoms. The van der Waals surface area contributed by atoms with Crippen molar-refractivity contribution >= 4 is 0 Å². The molecule has 1 aliphatic carbocycles. The fourth-order valence-corrected chi connectivity index (χ4v) is 3.60. The molecule has 0 aromatic rings. The maximum atomic E-state index is 12.0. The Balaban J connectivity index is 1.73. The molecule has 1 spiro atoms. The minimum atomic E-state index is -2.39. The molecule has 0 aromatic heterocycles. The van der Waals surface area contributed by atoms with E-state index in [1.54, 1.807) is 0 Å². The van der Waals surface area contributed by atoms with Crippen molar-refractivity contribution in [3.05, 3.63) is 0 Å². The van der Waals surface area contributed by atoms with Gasteiger partial charge in [0.25, 0.3) is 6.43 Å². The summed E-state index contributed by atoms with van der Waals surface area (Å²) in [6.07, 6.45) is 6.40. The summed E-state index contributed by atoms with van der Waals surface area (Å²) >= 11 is 0. The van der Waals surface area contributed by atoms with Crippen LogP contribution in [0.25, 0.3) is 0 Å². The summed E-state index contributed by atoms with van der Waals surface area (Å²) in [5.74, 6) is 0.442. The normalized spacial score (nSPS) is 27.9. The molecule has 2 atom stereocenters. The highest BCUT2D eigenvalue weighted by Gasteiger charge is 2.39. The lowest BCUT2D eigenvalue weighted by molar-refractivity contribution is -0.121. The second-order valence-electron chi connectivity index (χ2n) is 6.26. The van der Waals surface area contributed by atoms with Crippen LogP contribution in [0.2, 0.25) is 0 Å². The zero-order chi connectivity index (χ0) is 14.4. The second-order valence-corrected chi connectivity index (χ2v) is 6.26. The van der Waals surface area contributed by atoms with Gasteiger partial charge in [-0.3, -0.25) is 0 Å². The lowest BCUT2D eigenvalue weighted by atomic mass is 9.74. The molecule has 1 heterocycles. The predicted molar refractivity (Wildman–Crippen MR) is 73.9 cm³/mol. The van der Waals surface area contributed by atoms with Gasteiger partial charge < -0.3 is 15.2 Å². The van der Waals surface area contributed by atoms with Crippen molar-refractivity contribution in [1.29, 1.82) is 0 Å². The third-order valence-corrected chi connectivity index (χ3v) is 4.74. The molecule has 118 valence electrons. The van der Waals surface area contributed by atoms with Crippen LogP contribution in [0.4, 0.5) is 8.78 Å². The fourth-order valence-electron chi connectivity index (χ4n) is 3.60. The summed E-state index contributed by atoms with van der Waals surface area (Å²) in [6, 6.07) is 0.0374. The van der Waals surface area contributed by atoms with Crippen LogP contribution in [-0.4, -0.2) is 37.9 Å². The molecular weight excluding hydrogens is 264 g/mol. The predicted octanol–water partition coefficient (Wildman–Crippen LogP) is 3.12. The second kappa shape index (κ2) is 7.66. The first-order valence-corrected chi connectivity index (χ1v) is 7.87. The molecular formula is C15H27F2NO2. The van der Waals surface area contributed by atoms with Gasteiger partial charge in [0.05, 0.1) is 5.60 Å². The van der Waals surface area contributed by atoms with E-state index in [2.05, 4.69) is 0 Å². The lowest BCUT2D eigenvalue weighted by Crippen LogP contribution is -2.46. The quantitative estimate of drug-likeness (QED) is 0.765. The molecule has 0 amide bonds. The van der Waals surface area contributed by atoms with E-state index in [1.165, 1.54) is 19.3 Å². The summed E-state index contributed by atoms with van der Waals surface area (Å²) in [7, 11) is 0. The van der Waals surface area contributed by atoms with E-state index in [0.717, 1.165) is 32.3 Å². The van der Waals surface area contributed by atoms with E-state index in [4.69, 9.17) is 15.2 Å². The van der Waals surface area contributed by atoms with Gasteiger partial charge in [-0.1, -0.05) is 19.3 Å². The molecule has 2 fully saturated rings. The van der Waals surface area contributed by atoms with Crippen molar-refractivity contribution in [2.45, 2.75) is 69.4 Å². The molecule has 2 N–H and O–H groups in total. The van der Waals surface area contributed by atoms with Crippen LogP contribution in [0, 0.1) is 5.92 Å². The number of hydrogen-bond donors (Lipinski definition) is 1. The van der Waals surface area contributed by atoms with Gasteiger partial charge in [0, 0.05) is 19.3 Å². The number of nitrogens with two attached hydrogens (primary N) is 1. The van der Waals surface area contributed by atoms with E-state index in [1.807, 2.05) is 0 Å². The number of rotatable bonds is 6. The molecule has 2 aliphatic rings. The number of alkyl halides is 2. The molecule has 3 nitrogen and oxygen atoms in total. The average Bonchev–Trinajstić information content (AvgIpc) is 2.44. The maximum Gasteiger partial charge on any atom is 0.261 e. The van der Waals surface area contributed by atoms with Crippen LogP contribution in [0.15, 0.2) is 0 Å². The zero-order valence-corrected chi connectivity index (χ0v) is 12.2. The Morgan fingerprint density at radius 3 is 2.70 bits per heavy atom. The van der Waals surface area contributed by atoms with E-state index in [0.29, 0.717) is 18.9 Å². The summed E-state index contributed by atoms with van der Waals surface area (Å²) in [5, 5.41) is 0. The van der Waals surface area contributed by atoms with Crippen molar-refractivity contribution in [2.75, 3.05) is 19.8 Å². The lowest BCUT2D eigenvalue weighted by Gasteiger charge is -2.45. The Morgan fingerprint density at radius 1 is 1.25 bits per heavy atom. The van der Waals surface area contributed by atoms with Crippen molar-refractivity contribution < 1.29 is 18.3 Å². The smallest absolute Gasteiger partial charge is 0.261 e. The fraction of sp³-hybridized carbons (Fsp3) is 1.00. The van der Waals surface area contributed by atoms with E-state index in [9.17, 15) is 8.78 Å². The third-order valence-electron chi connectivity index (χ3n) is 4.74. The Bertz CT molecular complexity index is 278. The van der Waals surface area contributed by atoms with Gasteiger partial charge in [-0.15, -0.1) is 0 Å². The van der Waals surface area contributed by atoms with Crippen LogP contribution < -0.4 is 5.73 Å². The van der Waals surface area contributed by atoms with E-state index in [-0.39, 0.29) is 11.6 Å². The molecule has 1 saturated heterocycles. The van der Waals surface area contributed by atoms with Crippen LogP contribution in [0.1, 0.15) is 51.4 Å². The number of hydrogen-bond acceptors (Lipinski definition) is 3. The Kier molecular flexibility index (Phi) is 6.18. The maximum absolute atomic E-state index is 12.0. The SMILES string of the molecule is NC(CCOCC(F)F)C1CCOC2(CCCCC2)C1. The zero-order valence-electron chi connectivity index (χ0n) is 12.2. The molecule has 0 radical (unpaired) electrons. The van der Waals surface area contributed by atoms with E-state index >= 15 is 0 Å². The van der Waals surface area contributed by atoms with Crippen molar-refractivity contribution in [1.82, 2.24) is 0 Å². The van der Waals surface area contributed by atoms with Crippen molar-refractivity contribution in [3.63, 3.8) is 0 Å². The van der Waals surface area contributed by atoms with E-state index < -0.39 is 13.0 Å². The molecule has 20 heavy (non-hydrogen) atoms. The van der Waals surface area contributed by atoms with Gasteiger partial charge in [0.1, 0.15) is 6.61 Å². The average molecular weight is 291 g/mol. The van der Waals surface area contributed by atoms with Gasteiger partial charge in [-0.25, -0.2) is 8.78 Å². The first-order valence-electron chi connectivity index (χ1n) is 7.87. The molecule has 5 heteroatoms. The van der Waals surface area contributed by atoms with Gasteiger partial charge >= 0.3 is 0 Å². The first kappa shape index (κ1) is 16.1. The van der Waals surface area contributed by atoms with Gasteiger partial charge in [0.15, 0.2) is 0 Å². The largest absolute Gasteiger partial charge is 0.375 e. The summed E-state index contributed by atoms with van der Waals surface area (Å²) < 4.78 is 34.9. The standard InChI is InChI=1S/C15H27F2NO2/c16-14(17)11-19-8-5-13(18)12-4-9-20-15(10-12)6-2-1-3-7-15/h12-14H,1-11,18H2. The Hall–Kier alpha value is -0.260. The highest BCUT2D eigenvalue weighted by atomic mass is 19.3. The van der Waals surface area contributed by atoms with Crippen LogP contribution >= 0.6 is 0 Å². The first-order chi connectivity index (χ1) is 9.61. The van der Waals surface area contributed by atoms with Crippen LogP contribution in [0.5, 0.6) is 0 Å². The molecule has 2 unspecified atom stereocenters. The van der Waals surface area contributed by atoms with Gasteiger partial charge in [-0.05, 0) is 38.0 Å². The molecule has 2 rings (SSSR count). The summed E-state index contributed by atoms with van der Waals surface area (Å²) in [6.45, 7) is 0.635. The van der Waals surface area contributed by atoms with Gasteiger partial charge in [0.2, 0.25) is 0 Å². The highest BCUT2D eigenvalue weighted by Crippen LogP contribution is 2.41. The van der Waals surface area contributed by atoms with Crippen molar-refractivity contribution in [2.24, 2.45) is 11.7 Å². The van der Waals surface area contributed by atoms with Crippen LogP contribution in [-0.2, 0) is 9.47 Å². The summed E-state index contributed by atoms with van der Waals surface area (Å²) in [5.41, 5.74) is 6.29. The third kappa shape index (κ3) is 4.64. The molecule has 1 saturated carbocycles. The molecule has 1 aliphatic heterocycles. The monoisotopic (exact) mass is 291 g/mol. The number of halogens is 2.